The summed E-state index contributed by atoms with van der Waals surface area (Å²) in [6.45, 7) is 9.98. The van der Waals surface area contributed by atoms with Gasteiger partial charge in [-0.15, -0.1) is 0 Å². The van der Waals surface area contributed by atoms with E-state index in [-0.39, 0.29) is 6.29 Å². The standard InChI is InChI=1S/C10H18O3/c1-4-7-10(12-6-3)13-9-8-11-5-2/h5-6,10H,2-4,7-9H2,1H3. The average Bonchev–Trinajstić information content (AvgIpc) is 2.13. The zero-order valence-electron chi connectivity index (χ0n) is 8.20. The molecule has 0 saturated carbocycles. The minimum absolute atomic E-state index is 0.198. The van der Waals surface area contributed by atoms with E-state index in [9.17, 15) is 0 Å². The van der Waals surface area contributed by atoms with Gasteiger partial charge in [0.15, 0.2) is 6.29 Å². The first-order valence-electron chi connectivity index (χ1n) is 4.45. The highest BCUT2D eigenvalue weighted by molar-refractivity contribution is 4.54. The van der Waals surface area contributed by atoms with E-state index >= 15 is 0 Å². The molecule has 3 nitrogen and oxygen atoms in total. The minimum Gasteiger partial charge on any atom is -0.499 e. The molecule has 0 aromatic carbocycles. The first kappa shape index (κ1) is 12.0. The molecule has 0 amide bonds. The Morgan fingerprint density at radius 2 is 2.00 bits per heavy atom. The summed E-state index contributed by atoms with van der Waals surface area (Å²) in [6, 6.07) is 0. The molecule has 0 radical (unpaired) electrons. The SMILES string of the molecule is C=COCCOC(CCC)OC=C. The van der Waals surface area contributed by atoms with Crippen LogP contribution in [0, 0.1) is 0 Å². The highest BCUT2D eigenvalue weighted by atomic mass is 16.7. The van der Waals surface area contributed by atoms with Gasteiger partial charge in [0, 0.05) is 6.42 Å². The van der Waals surface area contributed by atoms with Crippen LogP contribution in [-0.2, 0) is 14.2 Å². The van der Waals surface area contributed by atoms with Crippen LogP contribution in [-0.4, -0.2) is 19.5 Å². The van der Waals surface area contributed by atoms with Crippen LogP contribution in [0.5, 0.6) is 0 Å². The fourth-order valence-corrected chi connectivity index (χ4v) is 0.845. The molecule has 0 aromatic heterocycles. The Hall–Kier alpha value is -0.960. The number of hydrogen-bond donors (Lipinski definition) is 0. The Balaban J connectivity index is 3.43. The van der Waals surface area contributed by atoms with Gasteiger partial charge in [-0.3, -0.25) is 0 Å². The monoisotopic (exact) mass is 186 g/mol. The molecule has 1 atom stereocenters. The first-order chi connectivity index (χ1) is 6.35. The second-order valence-corrected chi connectivity index (χ2v) is 2.43. The summed E-state index contributed by atoms with van der Waals surface area (Å²) in [4.78, 5) is 0. The summed E-state index contributed by atoms with van der Waals surface area (Å²) in [5.41, 5.74) is 0. The average molecular weight is 186 g/mol. The number of rotatable bonds is 9. The molecule has 0 spiro atoms. The Morgan fingerprint density at radius 1 is 1.23 bits per heavy atom. The van der Waals surface area contributed by atoms with Crippen LogP contribution in [0.3, 0.4) is 0 Å². The van der Waals surface area contributed by atoms with Crippen LogP contribution < -0.4 is 0 Å². The van der Waals surface area contributed by atoms with Gasteiger partial charge in [0.25, 0.3) is 0 Å². The first-order valence-corrected chi connectivity index (χ1v) is 4.45. The van der Waals surface area contributed by atoms with E-state index in [0.717, 1.165) is 12.8 Å². The van der Waals surface area contributed by atoms with E-state index < -0.39 is 0 Å². The van der Waals surface area contributed by atoms with Gasteiger partial charge in [0.2, 0.25) is 0 Å². The van der Waals surface area contributed by atoms with Crippen molar-refractivity contribution in [2.24, 2.45) is 0 Å². The molecule has 0 heterocycles. The van der Waals surface area contributed by atoms with Crippen molar-refractivity contribution >= 4 is 0 Å². The minimum atomic E-state index is -0.198. The smallest absolute Gasteiger partial charge is 0.199 e. The second-order valence-electron chi connectivity index (χ2n) is 2.43. The fraction of sp³-hybridized carbons (Fsp3) is 0.600. The van der Waals surface area contributed by atoms with Gasteiger partial charge in [0.1, 0.15) is 6.61 Å². The third-order valence-electron chi connectivity index (χ3n) is 1.40. The summed E-state index contributed by atoms with van der Waals surface area (Å²) in [5, 5.41) is 0. The van der Waals surface area contributed by atoms with Gasteiger partial charge in [-0.05, 0) is 0 Å². The van der Waals surface area contributed by atoms with Crippen LogP contribution in [0.25, 0.3) is 0 Å². The molecule has 0 bridgehead atoms. The number of hydrogen-bond acceptors (Lipinski definition) is 3. The summed E-state index contributed by atoms with van der Waals surface area (Å²) in [6.07, 6.45) is 4.47. The van der Waals surface area contributed by atoms with Gasteiger partial charge < -0.3 is 14.2 Å². The Bertz CT molecular complexity index is 134. The lowest BCUT2D eigenvalue weighted by atomic mass is 10.3. The van der Waals surface area contributed by atoms with Crippen molar-refractivity contribution in [2.75, 3.05) is 13.2 Å². The molecule has 3 heteroatoms. The predicted molar refractivity (Wildman–Crippen MR) is 52.1 cm³/mol. The largest absolute Gasteiger partial charge is 0.499 e. The van der Waals surface area contributed by atoms with Crippen molar-refractivity contribution in [1.29, 1.82) is 0 Å². The van der Waals surface area contributed by atoms with E-state index in [1.807, 2.05) is 0 Å². The van der Waals surface area contributed by atoms with Gasteiger partial charge >= 0.3 is 0 Å². The van der Waals surface area contributed by atoms with E-state index in [4.69, 9.17) is 14.2 Å². The highest BCUT2D eigenvalue weighted by Gasteiger charge is 2.05. The van der Waals surface area contributed by atoms with Crippen LogP contribution in [0.1, 0.15) is 19.8 Å². The Kier molecular flexibility index (Phi) is 8.46. The van der Waals surface area contributed by atoms with Crippen molar-refractivity contribution in [3.63, 3.8) is 0 Å². The summed E-state index contributed by atoms with van der Waals surface area (Å²) in [7, 11) is 0. The highest BCUT2D eigenvalue weighted by Crippen LogP contribution is 2.03. The van der Waals surface area contributed by atoms with Crippen LogP contribution in [0.15, 0.2) is 25.7 Å². The van der Waals surface area contributed by atoms with Gasteiger partial charge in [0.05, 0.1) is 19.1 Å². The van der Waals surface area contributed by atoms with Gasteiger partial charge in [-0.1, -0.05) is 26.5 Å². The third kappa shape index (κ3) is 7.40. The lowest BCUT2D eigenvalue weighted by Gasteiger charge is -2.15. The second kappa shape index (κ2) is 9.13. The fourth-order valence-electron chi connectivity index (χ4n) is 0.845. The van der Waals surface area contributed by atoms with Crippen LogP contribution in [0.2, 0.25) is 0 Å². The van der Waals surface area contributed by atoms with E-state index in [2.05, 4.69) is 20.1 Å². The molecule has 0 rings (SSSR count). The van der Waals surface area contributed by atoms with Crippen LogP contribution >= 0.6 is 0 Å². The summed E-state index contributed by atoms with van der Waals surface area (Å²) in [5.74, 6) is 0. The molecule has 0 aliphatic rings. The van der Waals surface area contributed by atoms with Crippen molar-refractivity contribution in [3.05, 3.63) is 25.7 Å². The molecule has 0 saturated heterocycles. The van der Waals surface area contributed by atoms with Crippen LogP contribution in [0.4, 0.5) is 0 Å². The maximum absolute atomic E-state index is 5.36. The molecule has 1 unspecified atom stereocenters. The summed E-state index contributed by atoms with van der Waals surface area (Å²) < 4.78 is 15.4. The third-order valence-corrected chi connectivity index (χ3v) is 1.40. The molecule has 13 heavy (non-hydrogen) atoms. The van der Waals surface area contributed by atoms with Crippen molar-refractivity contribution < 1.29 is 14.2 Å². The molecule has 0 aliphatic heterocycles. The number of ether oxygens (including phenoxy) is 3. The van der Waals surface area contributed by atoms with Crippen molar-refractivity contribution in [3.8, 4) is 0 Å². The van der Waals surface area contributed by atoms with E-state index in [1.165, 1.54) is 12.5 Å². The molecular weight excluding hydrogens is 168 g/mol. The molecule has 0 aliphatic carbocycles. The summed E-state index contributed by atoms with van der Waals surface area (Å²) >= 11 is 0. The lowest BCUT2D eigenvalue weighted by Crippen LogP contribution is -2.17. The maximum Gasteiger partial charge on any atom is 0.199 e. The van der Waals surface area contributed by atoms with Gasteiger partial charge in [-0.25, -0.2) is 0 Å². The molecule has 0 N–H and O–H groups in total. The molecule has 0 fully saturated rings. The lowest BCUT2D eigenvalue weighted by molar-refractivity contribution is -0.117. The molecular formula is C10H18O3. The van der Waals surface area contributed by atoms with E-state index in [1.54, 1.807) is 0 Å². The van der Waals surface area contributed by atoms with Crippen molar-refractivity contribution in [2.45, 2.75) is 26.1 Å². The molecule has 0 aromatic rings. The zero-order valence-corrected chi connectivity index (χ0v) is 8.20. The topological polar surface area (TPSA) is 27.7 Å². The molecule has 76 valence electrons. The normalized spacial score (nSPS) is 11.8. The van der Waals surface area contributed by atoms with Gasteiger partial charge in [-0.2, -0.15) is 0 Å². The predicted octanol–water partition coefficient (Wildman–Crippen LogP) is 2.45. The Labute approximate surface area is 80.0 Å². The quantitative estimate of drug-likeness (QED) is 0.314. The van der Waals surface area contributed by atoms with E-state index in [0.29, 0.717) is 13.2 Å². The zero-order chi connectivity index (χ0) is 9.94. The maximum atomic E-state index is 5.36. The van der Waals surface area contributed by atoms with Crippen molar-refractivity contribution in [1.82, 2.24) is 0 Å². The Morgan fingerprint density at radius 3 is 2.54 bits per heavy atom.